The molecule has 5 nitrogen and oxygen atoms in total. The summed E-state index contributed by atoms with van der Waals surface area (Å²) in [6.07, 6.45) is 0. The van der Waals surface area contributed by atoms with Gasteiger partial charge in [-0.1, -0.05) is 34.1 Å². The van der Waals surface area contributed by atoms with Crippen LogP contribution in [-0.2, 0) is 0 Å². The molecule has 2 aromatic carbocycles. The first kappa shape index (κ1) is 14.0. The van der Waals surface area contributed by atoms with Gasteiger partial charge in [0.25, 0.3) is 0 Å². The minimum absolute atomic E-state index is 0.0682. The number of para-hydroxylation sites is 1. The Morgan fingerprint density at radius 1 is 1.13 bits per heavy atom. The van der Waals surface area contributed by atoms with Crippen LogP contribution in [0.5, 0.6) is 5.88 Å². The fourth-order valence-electron chi connectivity index (χ4n) is 2.85. The lowest BCUT2D eigenvalue weighted by atomic mass is 10.1. The second kappa shape index (κ2) is 4.92. The molecular weight excluding hydrogens is 365 g/mol. The summed E-state index contributed by atoms with van der Waals surface area (Å²) in [7, 11) is 0. The van der Waals surface area contributed by atoms with Gasteiger partial charge in [-0.25, -0.2) is 4.39 Å². The van der Waals surface area contributed by atoms with E-state index < -0.39 is 5.82 Å². The predicted octanol–water partition coefficient (Wildman–Crippen LogP) is 5.32. The van der Waals surface area contributed by atoms with Crippen molar-refractivity contribution in [3.05, 3.63) is 51.6 Å². The lowest BCUT2D eigenvalue weighted by Crippen LogP contribution is -1.78. The highest BCUT2D eigenvalue weighted by Crippen LogP contribution is 2.44. The van der Waals surface area contributed by atoms with Gasteiger partial charge in [-0.2, -0.15) is 0 Å². The maximum Gasteiger partial charge on any atom is 0.199 e. The van der Waals surface area contributed by atoms with Crippen LogP contribution in [0.3, 0.4) is 0 Å². The molecule has 0 aliphatic carbocycles. The Hall–Kier alpha value is -2.67. The van der Waals surface area contributed by atoms with Crippen LogP contribution in [0.15, 0.2) is 46.0 Å². The van der Waals surface area contributed by atoms with Gasteiger partial charge in [0.2, 0.25) is 0 Å². The topological polar surface area (TPSA) is 81.2 Å². The van der Waals surface area contributed by atoms with Gasteiger partial charge >= 0.3 is 0 Å². The van der Waals surface area contributed by atoms with Crippen molar-refractivity contribution in [3.63, 3.8) is 0 Å². The van der Waals surface area contributed by atoms with E-state index in [1.807, 2.05) is 6.07 Å². The molecule has 2 heterocycles. The van der Waals surface area contributed by atoms with E-state index in [-0.39, 0.29) is 22.8 Å². The number of benzene rings is 2. The zero-order valence-corrected chi connectivity index (χ0v) is 13.1. The largest absolute Gasteiger partial charge is 0.494 e. The van der Waals surface area contributed by atoms with Crippen molar-refractivity contribution in [2.24, 2.45) is 5.18 Å². The van der Waals surface area contributed by atoms with Gasteiger partial charge in [0.15, 0.2) is 5.88 Å². The molecule has 0 saturated carbocycles. The zero-order valence-electron chi connectivity index (χ0n) is 11.5. The first-order chi connectivity index (χ1) is 11.1. The summed E-state index contributed by atoms with van der Waals surface area (Å²) >= 11 is 3.36. The molecule has 4 rings (SSSR count). The number of aromatic amines is 2. The Labute approximate surface area is 137 Å². The van der Waals surface area contributed by atoms with Crippen LogP contribution in [0.25, 0.3) is 33.1 Å². The molecule has 0 spiro atoms. The quantitative estimate of drug-likeness (QED) is 0.415. The number of rotatable bonds is 2. The summed E-state index contributed by atoms with van der Waals surface area (Å²) in [5.41, 5.74) is 1.60. The van der Waals surface area contributed by atoms with Crippen molar-refractivity contribution < 1.29 is 9.50 Å². The minimum Gasteiger partial charge on any atom is -0.494 e. The molecule has 0 radical (unpaired) electrons. The Bertz CT molecular complexity index is 1080. The third-order valence-electron chi connectivity index (χ3n) is 3.84. The summed E-state index contributed by atoms with van der Waals surface area (Å²) in [5, 5.41) is 14.4. The Balaban J connectivity index is 2.12. The van der Waals surface area contributed by atoms with E-state index in [0.717, 1.165) is 4.47 Å². The molecule has 0 bridgehead atoms. The number of hydrogen-bond donors (Lipinski definition) is 3. The average molecular weight is 374 g/mol. The minimum atomic E-state index is -0.485. The van der Waals surface area contributed by atoms with Crippen molar-refractivity contribution >= 4 is 43.4 Å². The van der Waals surface area contributed by atoms with Gasteiger partial charge in [0.1, 0.15) is 11.5 Å². The molecule has 3 N–H and O–H groups in total. The molecule has 2 aromatic heterocycles. The summed E-state index contributed by atoms with van der Waals surface area (Å²) in [4.78, 5) is 17.0. The van der Waals surface area contributed by atoms with E-state index in [9.17, 15) is 14.4 Å². The van der Waals surface area contributed by atoms with E-state index in [2.05, 4.69) is 31.1 Å². The fraction of sp³-hybridized carbons (Fsp3) is 0. The lowest BCUT2D eigenvalue weighted by Gasteiger charge is -1.99. The molecule has 7 heteroatoms. The maximum atomic E-state index is 14.0. The highest BCUT2D eigenvalue weighted by Gasteiger charge is 2.22. The van der Waals surface area contributed by atoms with Crippen LogP contribution in [0.4, 0.5) is 10.1 Å². The molecule has 0 atom stereocenters. The molecule has 4 aromatic rings. The van der Waals surface area contributed by atoms with Crippen molar-refractivity contribution in [2.75, 3.05) is 0 Å². The summed E-state index contributed by atoms with van der Waals surface area (Å²) in [6.45, 7) is 0. The number of H-pyrrole nitrogens is 2. The highest BCUT2D eigenvalue weighted by molar-refractivity contribution is 9.10. The van der Waals surface area contributed by atoms with E-state index in [1.165, 1.54) is 12.1 Å². The van der Waals surface area contributed by atoms with Crippen molar-refractivity contribution in [1.82, 2.24) is 9.97 Å². The van der Waals surface area contributed by atoms with E-state index in [4.69, 9.17) is 0 Å². The summed E-state index contributed by atoms with van der Waals surface area (Å²) in [6, 6.07) is 9.82. The average Bonchev–Trinajstić information content (AvgIpc) is 3.03. The van der Waals surface area contributed by atoms with Crippen molar-refractivity contribution in [1.29, 1.82) is 0 Å². The van der Waals surface area contributed by atoms with Gasteiger partial charge in [0.05, 0.1) is 22.3 Å². The predicted molar refractivity (Wildman–Crippen MR) is 90.4 cm³/mol. The number of nitrogens with one attached hydrogen (secondary N) is 2. The number of nitroso groups, excluding NO2 is 1. The van der Waals surface area contributed by atoms with Crippen LogP contribution in [0, 0.1) is 10.7 Å². The van der Waals surface area contributed by atoms with Crippen LogP contribution < -0.4 is 0 Å². The number of hydrogen-bond acceptors (Lipinski definition) is 3. The second-order valence-electron chi connectivity index (χ2n) is 5.14. The monoisotopic (exact) mass is 373 g/mol. The Kier molecular flexibility index (Phi) is 2.99. The van der Waals surface area contributed by atoms with Gasteiger partial charge in [-0.05, 0) is 23.4 Å². The molecule has 0 fully saturated rings. The van der Waals surface area contributed by atoms with Gasteiger partial charge in [0, 0.05) is 15.2 Å². The third-order valence-corrected chi connectivity index (χ3v) is 4.33. The number of aromatic nitrogens is 2. The van der Waals surface area contributed by atoms with Crippen LogP contribution >= 0.6 is 15.9 Å². The number of nitrogens with zero attached hydrogens (tertiary/aromatic N) is 1. The van der Waals surface area contributed by atoms with Gasteiger partial charge in [-0.3, -0.25) is 0 Å². The number of halogens is 2. The highest BCUT2D eigenvalue weighted by atomic mass is 79.9. The summed E-state index contributed by atoms with van der Waals surface area (Å²) in [5.74, 6) is -0.601. The zero-order chi connectivity index (χ0) is 16.1. The van der Waals surface area contributed by atoms with E-state index in [1.54, 1.807) is 18.2 Å². The molecule has 0 amide bonds. The molecular formula is C16H9BrFN3O2. The first-order valence-electron chi connectivity index (χ1n) is 6.74. The smallest absolute Gasteiger partial charge is 0.199 e. The van der Waals surface area contributed by atoms with Crippen LogP contribution in [0.2, 0.25) is 0 Å². The standard InChI is InChI=1S/C16H9BrFN3O2/c17-7-4-5-8-11(6-7)19-16(22)12(8)15-14(21-23)9-2-1-3-10(18)13(9)20-15/h1-6,19-20,22H. The van der Waals surface area contributed by atoms with Gasteiger partial charge in [-0.15, -0.1) is 4.91 Å². The molecule has 0 saturated heterocycles. The van der Waals surface area contributed by atoms with E-state index >= 15 is 0 Å². The van der Waals surface area contributed by atoms with Gasteiger partial charge < -0.3 is 15.1 Å². The second-order valence-corrected chi connectivity index (χ2v) is 6.06. The number of fused-ring (bicyclic) bond motifs is 2. The Morgan fingerprint density at radius 3 is 2.74 bits per heavy atom. The normalized spacial score (nSPS) is 11.4. The molecule has 114 valence electrons. The molecule has 0 unspecified atom stereocenters. The van der Waals surface area contributed by atoms with Crippen molar-refractivity contribution in [2.45, 2.75) is 0 Å². The SMILES string of the molecule is O=Nc1c(-c2c(O)[nH]c3cc(Br)ccc23)[nH]c2c(F)cccc12. The lowest BCUT2D eigenvalue weighted by molar-refractivity contribution is 0.460. The summed E-state index contributed by atoms with van der Waals surface area (Å²) < 4.78 is 14.8. The van der Waals surface area contributed by atoms with Crippen LogP contribution in [0.1, 0.15) is 0 Å². The number of aromatic hydroxyl groups is 1. The Morgan fingerprint density at radius 2 is 1.96 bits per heavy atom. The van der Waals surface area contributed by atoms with E-state index in [0.29, 0.717) is 21.9 Å². The molecule has 23 heavy (non-hydrogen) atoms. The first-order valence-corrected chi connectivity index (χ1v) is 7.53. The molecule has 0 aliphatic heterocycles. The maximum absolute atomic E-state index is 14.0. The molecule has 0 aliphatic rings. The van der Waals surface area contributed by atoms with Crippen molar-refractivity contribution in [3.8, 4) is 17.1 Å². The third kappa shape index (κ3) is 1.97. The fourth-order valence-corrected chi connectivity index (χ4v) is 3.21. The van der Waals surface area contributed by atoms with Crippen LogP contribution in [-0.4, -0.2) is 15.1 Å².